The number of aromatic hydroxyl groups is 2. The summed E-state index contributed by atoms with van der Waals surface area (Å²) in [5, 5.41) is 26.5. The minimum absolute atomic E-state index is 0.0741. The molecule has 1 aromatic carbocycles. The molecule has 0 bridgehead atoms. The van der Waals surface area contributed by atoms with Gasteiger partial charge in [-0.25, -0.2) is 5.43 Å². The third kappa shape index (κ3) is 4.32. The first-order chi connectivity index (χ1) is 10.6. The Bertz CT molecular complexity index is 698. The summed E-state index contributed by atoms with van der Waals surface area (Å²) in [4.78, 5) is 23.6. The van der Waals surface area contributed by atoms with Crippen molar-refractivity contribution in [1.29, 1.82) is 0 Å². The minimum Gasteiger partial charge on any atom is -0.508 e. The molecule has 7 nitrogen and oxygen atoms in total. The third-order valence-corrected chi connectivity index (χ3v) is 3.43. The fourth-order valence-electron chi connectivity index (χ4n) is 1.51. The molecule has 0 saturated heterocycles. The Morgan fingerprint density at radius 3 is 2.77 bits per heavy atom. The Morgan fingerprint density at radius 2 is 2.09 bits per heavy atom. The quantitative estimate of drug-likeness (QED) is 0.487. The van der Waals surface area contributed by atoms with Crippen LogP contribution in [-0.4, -0.2) is 34.8 Å². The Balaban J connectivity index is 1.80. The molecule has 0 radical (unpaired) electrons. The second-order valence-electron chi connectivity index (χ2n) is 4.20. The van der Waals surface area contributed by atoms with E-state index in [0.29, 0.717) is 10.4 Å². The van der Waals surface area contributed by atoms with Gasteiger partial charge in [-0.1, -0.05) is 6.07 Å². The number of hydrazone groups is 1. The highest BCUT2D eigenvalue weighted by atomic mass is 32.1. The number of hydrogen-bond donors (Lipinski definition) is 4. The molecule has 2 aromatic rings. The zero-order chi connectivity index (χ0) is 15.9. The lowest BCUT2D eigenvalue weighted by atomic mass is 10.2. The lowest BCUT2D eigenvalue weighted by Gasteiger charge is -2.02. The summed E-state index contributed by atoms with van der Waals surface area (Å²) in [7, 11) is 0. The molecule has 1 heterocycles. The van der Waals surface area contributed by atoms with Crippen molar-refractivity contribution in [3.05, 3.63) is 46.2 Å². The summed E-state index contributed by atoms with van der Waals surface area (Å²) in [6.45, 7) is -0.213. The normalized spacial score (nSPS) is 10.5. The summed E-state index contributed by atoms with van der Waals surface area (Å²) in [5.41, 5.74) is 2.55. The van der Waals surface area contributed by atoms with Gasteiger partial charge in [0.1, 0.15) is 11.5 Å². The molecule has 0 fully saturated rings. The zero-order valence-electron chi connectivity index (χ0n) is 11.3. The molecule has 22 heavy (non-hydrogen) atoms. The molecule has 0 unspecified atom stereocenters. The van der Waals surface area contributed by atoms with Crippen molar-refractivity contribution in [2.24, 2.45) is 5.10 Å². The maximum absolute atomic E-state index is 11.6. The molecular weight excluding hydrogens is 306 g/mol. The van der Waals surface area contributed by atoms with Gasteiger partial charge in [-0.2, -0.15) is 5.10 Å². The zero-order valence-corrected chi connectivity index (χ0v) is 12.1. The van der Waals surface area contributed by atoms with E-state index in [-0.39, 0.29) is 24.0 Å². The van der Waals surface area contributed by atoms with Crippen LogP contribution in [0.5, 0.6) is 11.5 Å². The fraction of sp³-hybridized carbons (Fsp3) is 0.0714. The number of benzene rings is 1. The molecule has 0 spiro atoms. The lowest BCUT2D eigenvalue weighted by molar-refractivity contribution is -0.120. The lowest BCUT2D eigenvalue weighted by Crippen LogP contribution is -2.34. The van der Waals surface area contributed by atoms with E-state index in [1.807, 2.05) is 0 Å². The Morgan fingerprint density at radius 1 is 1.27 bits per heavy atom. The van der Waals surface area contributed by atoms with Crippen LogP contribution in [0.4, 0.5) is 0 Å². The van der Waals surface area contributed by atoms with Crippen LogP contribution in [0.3, 0.4) is 0 Å². The summed E-state index contributed by atoms with van der Waals surface area (Å²) in [6, 6.07) is 7.38. The van der Waals surface area contributed by atoms with E-state index in [1.165, 1.54) is 29.7 Å². The number of amides is 2. The molecule has 2 rings (SSSR count). The van der Waals surface area contributed by atoms with Crippen LogP contribution in [0.1, 0.15) is 15.2 Å². The summed E-state index contributed by atoms with van der Waals surface area (Å²) >= 11 is 1.28. The van der Waals surface area contributed by atoms with E-state index in [1.54, 1.807) is 17.5 Å². The van der Waals surface area contributed by atoms with Crippen molar-refractivity contribution in [3.8, 4) is 11.5 Å². The van der Waals surface area contributed by atoms with Crippen LogP contribution < -0.4 is 10.7 Å². The number of nitrogens with zero attached hydrogens (tertiary/aromatic N) is 1. The Hall–Kier alpha value is -2.87. The average Bonchev–Trinajstić information content (AvgIpc) is 3.01. The topological polar surface area (TPSA) is 111 Å². The molecule has 2 amide bonds. The largest absolute Gasteiger partial charge is 0.508 e. The van der Waals surface area contributed by atoms with Crippen LogP contribution in [0, 0.1) is 0 Å². The predicted octanol–water partition coefficient (Wildman–Crippen LogP) is 1.04. The second-order valence-corrected chi connectivity index (χ2v) is 5.14. The van der Waals surface area contributed by atoms with Gasteiger partial charge < -0.3 is 15.5 Å². The van der Waals surface area contributed by atoms with Gasteiger partial charge in [0.25, 0.3) is 11.8 Å². The van der Waals surface area contributed by atoms with Crippen molar-refractivity contribution in [2.75, 3.05) is 6.54 Å². The standard InChI is InChI=1S/C14H13N3O4S/c18-10-4-3-9(11(19)6-10)7-16-17-13(20)8-15-14(21)12-2-1-5-22-12/h1-7,18-19H,8H2,(H,15,21)(H,17,20)/b16-7+. The Labute approximate surface area is 129 Å². The van der Waals surface area contributed by atoms with Crippen molar-refractivity contribution < 1.29 is 19.8 Å². The molecular formula is C14H13N3O4S. The first kappa shape index (κ1) is 15.5. The molecule has 1 aromatic heterocycles. The van der Waals surface area contributed by atoms with Crippen molar-refractivity contribution >= 4 is 29.4 Å². The monoisotopic (exact) mass is 319 g/mol. The van der Waals surface area contributed by atoms with Crippen LogP contribution in [0.2, 0.25) is 0 Å². The van der Waals surface area contributed by atoms with Crippen LogP contribution in [0.25, 0.3) is 0 Å². The third-order valence-electron chi connectivity index (χ3n) is 2.56. The SMILES string of the molecule is O=C(CNC(=O)c1cccs1)N/N=C/c1ccc(O)cc1O. The van der Waals surface area contributed by atoms with Gasteiger partial charge in [0.05, 0.1) is 17.6 Å². The van der Waals surface area contributed by atoms with Gasteiger partial charge in [-0.05, 0) is 23.6 Å². The molecule has 0 atom stereocenters. The molecule has 0 aliphatic carbocycles. The second kappa shape index (κ2) is 7.23. The van der Waals surface area contributed by atoms with E-state index in [2.05, 4.69) is 15.8 Å². The Kier molecular flexibility index (Phi) is 5.10. The smallest absolute Gasteiger partial charge is 0.261 e. The van der Waals surface area contributed by atoms with Gasteiger partial charge in [0.15, 0.2) is 0 Å². The summed E-state index contributed by atoms with van der Waals surface area (Å²) in [6.07, 6.45) is 1.23. The number of carbonyl (C=O) groups is 2. The fourth-order valence-corrected chi connectivity index (χ4v) is 2.15. The number of phenols is 2. The molecule has 8 heteroatoms. The number of hydrogen-bond acceptors (Lipinski definition) is 6. The van der Waals surface area contributed by atoms with Crippen LogP contribution >= 0.6 is 11.3 Å². The molecule has 0 aliphatic rings. The van der Waals surface area contributed by atoms with Crippen LogP contribution in [-0.2, 0) is 4.79 Å². The van der Waals surface area contributed by atoms with Gasteiger partial charge in [0.2, 0.25) is 0 Å². The maximum Gasteiger partial charge on any atom is 0.261 e. The first-order valence-electron chi connectivity index (χ1n) is 6.22. The summed E-state index contributed by atoms with van der Waals surface area (Å²) in [5.74, 6) is -1.07. The highest BCUT2D eigenvalue weighted by Crippen LogP contribution is 2.20. The number of carbonyl (C=O) groups excluding carboxylic acids is 2. The maximum atomic E-state index is 11.6. The van der Waals surface area contributed by atoms with E-state index < -0.39 is 5.91 Å². The van der Waals surface area contributed by atoms with Crippen molar-refractivity contribution in [3.63, 3.8) is 0 Å². The highest BCUT2D eigenvalue weighted by Gasteiger charge is 2.08. The van der Waals surface area contributed by atoms with Gasteiger partial charge in [0, 0.05) is 11.6 Å². The highest BCUT2D eigenvalue weighted by molar-refractivity contribution is 7.12. The number of thiophene rings is 1. The van der Waals surface area contributed by atoms with E-state index in [4.69, 9.17) is 5.11 Å². The van der Waals surface area contributed by atoms with Crippen LogP contribution in [0.15, 0.2) is 40.8 Å². The minimum atomic E-state index is -0.501. The summed E-state index contributed by atoms with van der Waals surface area (Å²) < 4.78 is 0. The van der Waals surface area contributed by atoms with E-state index in [0.717, 1.165) is 6.07 Å². The number of phenolic OH excluding ortho intramolecular Hbond substituents is 2. The van der Waals surface area contributed by atoms with Gasteiger partial charge in [-0.15, -0.1) is 11.3 Å². The molecule has 0 saturated carbocycles. The number of rotatable bonds is 5. The first-order valence-corrected chi connectivity index (χ1v) is 7.10. The molecule has 0 aliphatic heterocycles. The number of nitrogens with one attached hydrogen (secondary N) is 2. The van der Waals surface area contributed by atoms with Crippen molar-refractivity contribution in [2.45, 2.75) is 0 Å². The van der Waals surface area contributed by atoms with E-state index >= 15 is 0 Å². The predicted molar refractivity (Wildman–Crippen MR) is 82.2 cm³/mol. The van der Waals surface area contributed by atoms with Gasteiger partial charge in [-0.3, -0.25) is 9.59 Å². The van der Waals surface area contributed by atoms with Gasteiger partial charge >= 0.3 is 0 Å². The average molecular weight is 319 g/mol. The molecule has 114 valence electrons. The van der Waals surface area contributed by atoms with E-state index in [9.17, 15) is 14.7 Å². The van der Waals surface area contributed by atoms with Crippen molar-refractivity contribution in [1.82, 2.24) is 10.7 Å². The molecule has 4 N–H and O–H groups in total.